The Morgan fingerprint density at radius 2 is 1.90 bits per heavy atom. The van der Waals surface area contributed by atoms with Crippen LogP contribution in [-0.4, -0.2) is 51.4 Å². The highest BCUT2D eigenvalue weighted by Gasteiger charge is 2.44. The first-order valence-electron chi connectivity index (χ1n) is 11.2. The SMILES string of the molecule is CCCn1ccnc1CN1CCC2(CC1)CC(=O)N(CCCc1ccccc1)C2. The normalized spacial score (nSPS) is 19.3. The number of hydrogen-bond acceptors (Lipinski definition) is 3. The van der Waals surface area contributed by atoms with E-state index in [-0.39, 0.29) is 5.41 Å². The number of amides is 1. The van der Waals surface area contributed by atoms with Gasteiger partial charge in [0.2, 0.25) is 5.91 Å². The fourth-order valence-corrected chi connectivity index (χ4v) is 4.96. The Labute approximate surface area is 174 Å². The van der Waals surface area contributed by atoms with Crippen LogP contribution < -0.4 is 0 Å². The summed E-state index contributed by atoms with van der Waals surface area (Å²) in [5.41, 5.74) is 1.57. The van der Waals surface area contributed by atoms with Crippen molar-refractivity contribution in [1.82, 2.24) is 19.4 Å². The van der Waals surface area contributed by atoms with Gasteiger partial charge in [-0.3, -0.25) is 9.69 Å². The number of carbonyl (C=O) groups excluding carboxylic acids is 1. The Balaban J connectivity index is 1.25. The number of imidazole rings is 1. The van der Waals surface area contributed by atoms with E-state index in [9.17, 15) is 4.79 Å². The Hall–Kier alpha value is -2.14. The predicted octanol–water partition coefficient (Wildman–Crippen LogP) is 3.74. The lowest BCUT2D eigenvalue weighted by atomic mass is 9.77. The van der Waals surface area contributed by atoms with E-state index in [1.807, 2.05) is 6.20 Å². The van der Waals surface area contributed by atoms with Crippen LogP contribution in [0, 0.1) is 5.41 Å². The molecule has 2 aliphatic heterocycles. The molecule has 5 heteroatoms. The predicted molar refractivity (Wildman–Crippen MR) is 115 cm³/mol. The van der Waals surface area contributed by atoms with Crippen LogP contribution >= 0.6 is 0 Å². The van der Waals surface area contributed by atoms with Crippen LogP contribution in [0.15, 0.2) is 42.7 Å². The Bertz CT molecular complexity index is 792. The number of carbonyl (C=O) groups is 1. The van der Waals surface area contributed by atoms with Crippen LogP contribution in [0.5, 0.6) is 0 Å². The smallest absolute Gasteiger partial charge is 0.223 e. The summed E-state index contributed by atoms with van der Waals surface area (Å²) in [4.78, 5) is 21.9. The minimum Gasteiger partial charge on any atom is -0.342 e. The summed E-state index contributed by atoms with van der Waals surface area (Å²) in [5, 5.41) is 0. The van der Waals surface area contributed by atoms with E-state index in [0.717, 1.165) is 77.8 Å². The van der Waals surface area contributed by atoms with Gasteiger partial charge in [-0.2, -0.15) is 0 Å². The molecule has 3 heterocycles. The van der Waals surface area contributed by atoms with Crippen LogP contribution in [0.3, 0.4) is 0 Å². The van der Waals surface area contributed by atoms with Gasteiger partial charge in [0, 0.05) is 38.4 Å². The summed E-state index contributed by atoms with van der Waals surface area (Å²) in [6.07, 6.45) is 10.2. The minimum atomic E-state index is 0.208. The number of nitrogens with zero attached hydrogens (tertiary/aromatic N) is 4. The van der Waals surface area contributed by atoms with Crippen molar-refractivity contribution in [3.8, 4) is 0 Å². The molecule has 2 saturated heterocycles. The van der Waals surface area contributed by atoms with E-state index in [4.69, 9.17) is 0 Å². The number of hydrogen-bond donors (Lipinski definition) is 0. The van der Waals surface area contributed by atoms with E-state index < -0.39 is 0 Å². The second-order valence-electron chi connectivity index (χ2n) is 8.89. The van der Waals surface area contributed by atoms with Gasteiger partial charge in [0.25, 0.3) is 0 Å². The number of aromatic nitrogens is 2. The quantitative estimate of drug-likeness (QED) is 0.685. The maximum Gasteiger partial charge on any atom is 0.223 e. The van der Waals surface area contributed by atoms with Gasteiger partial charge in [0.05, 0.1) is 6.54 Å². The minimum absolute atomic E-state index is 0.208. The van der Waals surface area contributed by atoms with Crippen LogP contribution in [0.25, 0.3) is 0 Å². The van der Waals surface area contributed by atoms with Gasteiger partial charge in [-0.1, -0.05) is 37.3 Å². The molecule has 2 fully saturated rings. The van der Waals surface area contributed by atoms with Gasteiger partial charge >= 0.3 is 0 Å². The van der Waals surface area contributed by atoms with Gasteiger partial charge in [-0.15, -0.1) is 0 Å². The van der Waals surface area contributed by atoms with Crippen molar-refractivity contribution in [2.45, 2.75) is 58.5 Å². The summed E-state index contributed by atoms with van der Waals surface area (Å²) < 4.78 is 2.28. The average molecular weight is 395 g/mol. The van der Waals surface area contributed by atoms with Crippen molar-refractivity contribution >= 4 is 5.91 Å². The summed E-state index contributed by atoms with van der Waals surface area (Å²) in [6.45, 7) is 8.18. The zero-order valence-corrected chi connectivity index (χ0v) is 17.7. The maximum absolute atomic E-state index is 12.6. The lowest BCUT2D eigenvalue weighted by Gasteiger charge is -2.38. The number of benzene rings is 1. The third kappa shape index (κ3) is 4.89. The molecular weight excluding hydrogens is 360 g/mol. The highest BCUT2D eigenvalue weighted by molar-refractivity contribution is 5.79. The third-order valence-corrected chi connectivity index (χ3v) is 6.69. The largest absolute Gasteiger partial charge is 0.342 e. The first kappa shape index (κ1) is 20.1. The van der Waals surface area contributed by atoms with Gasteiger partial charge in [0.15, 0.2) is 0 Å². The molecule has 0 N–H and O–H groups in total. The zero-order chi connectivity index (χ0) is 20.1. The summed E-state index contributed by atoms with van der Waals surface area (Å²) in [7, 11) is 0. The van der Waals surface area contributed by atoms with Crippen LogP contribution in [0.1, 0.15) is 50.4 Å². The van der Waals surface area contributed by atoms with Crippen molar-refractivity contribution in [2.24, 2.45) is 5.41 Å². The van der Waals surface area contributed by atoms with Crippen molar-refractivity contribution in [3.63, 3.8) is 0 Å². The first-order chi connectivity index (χ1) is 14.2. The Morgan fingerprint density at radius 1 is 1.10 bits per heavy atom. The van der Waals surface area contributed by atoms with E-state index in [1.54, 1.807) is 0 Å². The average Bonchev–Trinajstić information content (AvgIpc) is 3.29. The molecule has 2 aliphatic rings. The molecule has 0 saturated carbocycles. The molecular formula is C24H34N4O. The molecule has 1 amide bonds. The molecule has 0 bridgehead atoms. The molecule has 29 heavy (non-hydrogen) atoms. The summed E-state index contributed by atoms with van der Waals surface area (Å²) in [5.74, 6) is 1.54. The fraction of sp³-hybridized carbons (Fsp3) is 0.583. The highest BCUT2D eigenvalue weighted by Crippen LogP contribution is 2.41. The van der Waals surface area contributed by atoms with Crippen molar-refractivity contribution in [3.05, 3.63) is 54.1 Å². The second kappa shape index (κ2) is 9.12. The molecule has 0 unspecified atom stereocenters. The Kier molecular flexibility index (Phi) is 6.34. The molecule has 1 aromatic heterocycles. The van der Waals surface area contributed by atoms with Crippen molar-refractivity contribution in [2.75, 3.05) is 26.2 Å². The van der Waals surface area contributed by atoms with Gasteiger partial charge < -0.3 is 9.47 Å². The van der Waals surface area contributed by atoms with Crippen LogP contribution in [-0.2, 0) is 24.3 Å². The lowest BCUT2D eigenvalue weighted by Crippen LogP contribution is -2.41. The van der Waals surface area contributed by atoms with Crippen molar-refractivity contribution < 1.29 is 4.79 Å². The second-order valence-corrected chi connectivity index (χ2v) is 8.89. The topological polar surface area (TPSA) is 41.4 Å². The number of likely N-dealkylation sites (tertiary alicyclic amines) is 2. The van der Waals surface area contributed by atoms with Gasteiger partial charge in [-0.25, -0.2) is 4.98 Å². The third-order valence-electron chi connectivity index (χ3n) is 6.69. The maximum atomic E-state index is 12.6. The monoisotopic (exact) mass is 394 g/mol. The van der Waals surface area contributed by atoms with Gasteiger partial charge in [-0.05, 0) is 56.2 Å². The van der Waals surface area contributed by atoms with Crippen molar-refractivity contribution in [1.29, 1.82) is 0 Å². The fourth-order valence-electron chi connectivity index (χ4n) is 4.96. The first-order valence-corrected chi connectivity index (χ1v) is 11.2. The molecule has 5 nitrogen and oxygen atoms in total. The molecule has 1 aromatic carbocycles. The Morgan fingerprint density at radius 3 is 2.66 bits per heavy atom. The van der Waals surface area contributed by atoms with Crippen LogP contribution in [0.4, 0.5) is 0 Å². The molecule has 0 aliphatic carbocycles. The standard InChI is InChI=1S/C24H34N4O/c1-2-13-27-17-12-25-22(27)19-26-15-10-24(11-16-26)18-23(29)28(20-24)14-6-9-21-7-4-3-5-8-21/h3-5,7-8,12,17H,2,6,9-11,13-16,18-20H2,1H3. The summed E-state index contributed by atoms with van der Waals surface area (Å²) >= 11 is 0. The number of aryl methyl sites for hydroxylation is 2. The van der Waals surface area contributed by atoms with E-state index in [2.05, 4.69) is 62.8 Å². The number of piperidine rings is 1. The van der Waals surface area contributed by atoms with Gasteiger partial charge in [0.1, 0.15) is 5.82 Å². The molecule has 156 valence electrons. The molecule has 0 radical (unpaired) electrons. The summed E-state index contributed by atoms with van der Waals surface area (Å²) in [6, 6.07) is 10.6. The van der Waals surface area contributed by atoms with E-state index in [1.165, 1.54) is 11.4 Å². The van der Waals surface area contributed by atoms with Crippen LogP contribution in [0.2, 0.25) is 0 Å². The molecule has 0 atom stereocenters. The number of rotatable bonds is 8. The molecule has 4 rings (SSSR count). The van der Waals surface area contributed by atoms with E-state index >= 15 is 0 Å². The molecule has 1 spiro atoms. The highest BCUT2D eigenvalue weighted by atomic mass is 16.2. The zero-order valence-electron chi connectivity index (χ0n) is 17.7. The lowest BCUT2D eigenvalue weighted by molar-refractivity contribution is -0.127. The molecule has 2 aromatic rings. The van der Waals surface area contributed by atoms with E-state index in [0.29, 0.717) is 5.91 Å².